The van der Waals surface area contributed by atoms with Crippen molar-refractivity contribution in [1.29, 1.82) is 0 Å². The summed E-state index contributed by atoms with van der Waals surface area (Å²) in [5, 5.41) is 4.61. The van der Waals surface area contributed by atoms with Crippen LogP contribution < -0.4 is 9.80 Å². The lowest BCUT2D eigenvalue weighted by Gasteiger charge is -2.35. The molecule has 8 rings (SSSR count). The van der Waals surface area contributed by atoms with Crippen LogP contribution in [0.3, 0.4) is 0 Å². The fraction of sp³-hybridized carbons (Fsp3) is 0.176. The zero-order chi connectivity index (χ0) is 32.0. The molecule has 0 bridgehead atoms. The Morgan fingerprint density at radius 2 is 0.783 bits per heavy atom. The molecule has 4 aliphatic heterocycles. The Balaban J connectivity index is 1.32. The van der Waals surface area contributed by atoms with Crippen LogP contribution in [-0.4, -0.2) is 45.7 Å². The Labute approximate surface area is 283 Å². The van der Waals surface area contributed by atoms with Crippen LogP contribution in [0.4, 0.5) is 11.4 Å². The van der Waals surface area contributed by atoms with Crippen LogP contribution in [0.25, 0.3) is 0 Å². The van der Waals surface area contributed by atoms with Crippen molar-refractivity contribution in [2.45, 2.75) is 24.2 Å². The lowest BCUT2D eigenvalue weighted by molar-refractivity contribution is -0.136. The topological polar surface area (TPSA) is 81.2 Å². The first-order valence-electron chi connectivity index (χ1n) is 14.5. The van der Waals surface area contributed by atoms with Crippen LogP contribution in [-0.2, 0) is 19.2 Å². The quantitative estimate of drug-likeness (QED) is 0.221. The summed E-state index contributed by atoms with van der Waals surface area (Å²) in [5.41, 5.74) is 2.06. The SMILES string of the molecule is O=C1[C@H]2[C@@H](C(=O)N1c1ccc(Cl)c(Cl)c1)N1[C@@H](c3ccccc3)[C@H]3C(=O)N(c4ccc(Cl)c(Cl)c4)C(=O)[C@@H]3N1[C@@H]2c1ccccc1. The van der Waals surface area contributed by atoms with E-state index in [0.29, 0.717) is 11.4 Å². The van der Waals surface area contributed by atoms with Crippen LogP contribution in [0, 0.1) is 11.8 Å². The average molecular weight is 692 g/mol. The van der Waals surface area contributed by atoms with Gasteiger partial charge in [-0.15, -0.1) is 0 Å². The number of carbonyl (C=O) groups excluding carboxylic acids is 4. The van der Waals surface area contributed by atoms with Crippen LogP contribution >= 0.6 is 46.4 Å². The number of halogens is 4. The zero-order valence-corrected chi connectivity index (χ0v) is 26.7. The van der Waals surface area contributed by atoms with Crippen molar-refractivity contribution in [2.75, 3.05) is 9.80 Å². The number of amides is 4. The molecule has 0 aromatic heterocycles. The second-order valence-electron chi connectivity index (χ2n) is 11.6. The van der Waals surface area contributed by atoms with Crippen LogP contribution in [0.1, 0.15) is 23.2 Å². The predicted molar refractivity (Wildman–Crippen MR) is 175 cm³/mol. The Kier molecular flexibility index (Phi) is 7.03. The van der Waals surface area contributed by atoms with Crippen molar-refractivity contribution >= 4 is 81.4 Å². The van der Waals surface area contributed by atoms with E-state index >= 15 is 0 Å². The Bertz CT molecular complexity index is 1820. The molecule has 0 radical (unpaired) electrons. The smallest absolute Gasteiger partial charge is 0.253 e. The number of hydrazine groups is 1. The molecule has 4 aliphatic rings. The summed E-state index contributed by atoms with van der Waals surface area (Å²) in [6, 6.07) is 24.3. The Hall–Kier alpha value is -3.76. The maximum absolute atomic E-state index is 14.5. The third kappa shape index (κ3) is 4.15. The number of fused-ring (bicyclic) bond motifs is 5. The fourth-order valence-corrected chi connectivity index (χ4v) is 8.14. The number of benzene rings is 4. The van der Waals surface area contributed by atoms with E-state index in [1.165, 1.54) is 24.3 Å². The molecule has 0 unspecified atom stereocenters. The molecule has 0 spiro atoms. The highest BCUT2D eigenvalue weighted by Crippen LogP contribution is 2.59. The van der Waals surface area contributed by atoms with Gasteiger partial charge in [0.05, 0.1) is 55.4 Å². The first kappa shape index (κ1) is 29.6. The van der Waals surface area contributed by atoms with E-state index in [-0.39, 0.29) is 20.1 Å². The second kappa shape index (κ2) is 10.9. The van der Waals surface area contributed by atoms with Gasteiger partial charge in [0.2, 0.25) is 11.8 Å². The van der Waals surface area contributed by atoms with Crippen LogP contribution in [0.5, 0.6) is 0 Å². The van der Waals surface area contributed by atoms with E-state index in [9.17, 15) is 19.2 Å². The molecule has 4 amide bonds. The molecule has 4 fully saturated rings. The van der Waals surface area contributed by atoms with Gasteiger partial charge in [0, 0.05) is 0 Å². The van der Waals surface area contributed by atoms with Crippen LogP contribution in [0.2, 0.25) is 20.1 Å². The van der Waals surface area contributed by atoms with Crippen molar-refractivity contribution in [1.82, 2.24) is 10.0 Å². The molecule has 4 saturated heterocycles. The summed E-state index contributed by atoms with van der Waals surface area (Å²) in [4.78, 5) is 60.1. The second-order valence-corrected chi connectivity index (χ2v) is 13.3. The monoisotopic (exact) mass is 690 g/mol. The number of hydrogen-bond acceptors (Lipinski definition) is 6. The highest BCUT2D eigenvalue weighted by atomic mass is 35.5. The summed E-state index contributed by atoms with van der Waals surface area (Å²) < 4.78 is 0. The molecule has 4 heterocycles. The molecule has 0 N–H and O–H groups in total. The minimum atomic E-state index is -0.998. The number of imide groups is 2. The third-order valence-corrected chi connectivity index (χ3v) is 10.8. The van der Waals surface area contributed by atoms with Crippen LogP contribution in [0.15, 0.2) is 97.1 Å². The first-order valence-corrected chi connectivity index (χ1v) is 16.0. The molecule has 6 atom stereocenters. The molecule has 0 aliphatic carbocycles. The maximum Gasteiger partial charge on any atom is 0.253 e. The molecule has 4 aromatic rings. The molecule has 0 saturated carbocycles. The summed E-state index contributed by atoms with van der Waals surface area (Å²) in [5.74, 6) is -3.59. The third-order valence-electron chi connectivity index (χ3n) is 9.33. The van der Waals surface area contributed by atoms with E-state index in [1.807, 2.05) is 70.7 Å². The van der Waals surface area contributed by atoms with Gasteiger partial charge in [0.15, 0.2) is 0 Å². The average Bonchev–Trinajstić information content (AvgIpc) is 3.72. The van der Waals surface area contributed by atoms with Gasteiger partial charge in [-0.05, 0) is 47.5 Å². The van der Waals surface area contributed by atoms with Crippen molar-refractivity contribution < 1.29 is 19.2 Å². The van der Waals surface area contributed by atoms with Gasteiger partial charge in [-0.1, -0.05) is 107 Å². The lowest BCUT2D eigenvalue weighted by atomic mass is 9.84. The summed E-state index contributed by atoms with van der Waals surface area (Å²) >= 11 is 24.9. The molecule has 8 nitrogen and oxygen atoms in total. The standard InChI is InChI=1S/C34H22Cl4N4O4/c35-21-13-11-19(15-23(21)37)39-31(43)25-27(17-7-3-1-4-8-17)41-30-26(28(18-9-5-2-6-10-18)42(41)29(25)33(39)45)32(44)40(34(30)46)20-12-14-22(36)24(38)16-20/h1-16,25-30H/t25-,26-,27-,28+,29+,30-/m1/s1. The minimum Gasteiger partial charge on any atom is -0.274 e. The van der Waals surface area contributed by atoms with Crippen molar-refractivity contribution in [3.05, 3.63) is 128 Å². The predicted octanol–water partition coefficient (Wildman–Crippen LogP) is 6.75. The summed E-state index contributed by atoms with van der Waals surface area (Å²) in [6.07, 6.45) is 0. The molecular weight excluding hydrogens is 670 g/mol. The number of hydrogen-bond donors (Lipinski definition) is 0. The molecule has 46 heavy (non-hydrogen) atoms. The largest absolute Gasteiger partial charge is 0.274 e. The van der Waals surface area contributed by atoms with E-state index in [4.69, 9.17) is 46.4 Å². The van der Waals surface area contributed by atoms with Gasteiger partial charge in [-0.3, -0.25) is 19.2 Å². The molecular formula is C34H22Cl4N4O4. The van der Waals surface area contributed by atoms with E-state index in [0.717, 1.165) is 20.9 Å². The number of nitrogens with zero attached hydrogens (tertiary/aromatic N) is 4. The lowest BCUT2D eigenvalue weighted by Crippen LogP contribution is -2.50. The maximum atomic E-state index is 14.5. The van der Waals surface area contributed by atoms with Crippen molar-refractivity contribution in [3.63, 3.8) is 0 Å². The van der Waals surface area contributed by atoms with Gasteiger partial charge in [0.25, 0.3) is 11.8 Å². The van der Waals surface area contributed by atoms with Gasteiger partial charge in [-0.2, -0.15) is 0 Å². The normalized spacial score (nSPS) is 27.5. The van der Waals surface area contributed by atoms with Gasteiger partial charge in [-0.25, -0.2) is 19.8 Å². The Morgan fingerprint density at radius 3 is 1.13 bits per heavy atom. The summed E-state index contributed by atoms with van der Waals surface area (Å²) in [6.45, 7) is 0. The van der Waals surface area contributed by atoms with Gasteiger partial charge in [0.1, 0.15) is 12.1 Å². The van der Waals surface area contributed by atoms with Gasteiger partial charge < -0.3 is 0 Å². The highest BCUT2D eigenvalue weighted by Gasteiger charge is 2.73. The van der Waals surface area contributed by atoms with Gasteiger partial charge >= 0.3 is 0 Å². The molecule has 12 heteroatoms. The molecule has 4 aromatic carbocycles. The molecule has 230 valence electrons. The number of rotatable bonds is 4. The van der Waals surface area contributed by atoms with E-state index in [1.54, 1.807) is 12.1 Å². The first-order chi connectivity index (χ1) is 22.2. The van der Waals surface area contributed by atoms with Crippen molar-refractivity contribution in [2.24, 2.45) is 11.8 Å². The van der Waals surface area contributed by atoms with E-state index in [2.05, 4.69) is 0 Å². The Morgan fingerprint density at radius 1 is 0.413 bits per heavy atom. The van der Waals surface area contributed by atoms with E-state index < -0.39 is 59.6 Å². The number of anilines is 2. The zero-order valence-electron chi connectivity index (χ0n) is 23.6. The fourth-order valence-electron chi connectivity index (χ4n) is 7.56. The summed E-state index contributed by atoms with van der Waals surface area (Å²) in [7, 11) is 0. The van der Waals surface area contributed by atoms with Crippen molar-refractivity contribution in [3.8, 4) is 0 Å². The highest BCUT2D eigenvalue weighted by molar-refractivity contribution is 6.43. The minimum absolute atomic E-state index is 0.203. The number of carbonyl (C=O) groups is 4.